The molecular formula is C13H13IN2O2. The molecule has 5 heteroatoms. The summed E-state index contributed by atoms with van der Waals surface area (Å²) in [5.74, 6) is 1.19. The van der Waals surface area contributed by atoms with Crippen molar-refractivity contribution in [2.45, 2.75) is 20.4 Å². The first kappa shape index (κ1) is 13.1. The maximum Gasteiger partial charge on any atom is 0.251 e. The molecule has 1 heterocycles. The highest BCUT2D eigenvalue weighted by molar-refractivity contribution is 14.1. The van der Waals surface area contributed by atoms with E-state index in [0.29, 0.717) is 18.0 Å². The average molecular weight is 356 g/mol. The first-order valence-electron chi connectivity index (χ1n) is 5.53. The molecule has 0 unspecified atom stereocenters. The van der Waals surface area contributed by atoms with Gasteiger partial charge in [0.15, 0.2) is 0 Å². The fourth-order valence-corrected chi connectivity index (χ4v) is 1.83. The zero-order valence-corrected chi connectivity index (χ0v) is 12.3. The number of carbonyl (C=O) groups excluding carboxylic acids is 1. The largest absolute Gasteiger partial charge is 0.444 e. The van der Waals surface area contributed by atoms with Crippen molar-refractivity contribution >= 4 is 28.5 Å². The van der Waals surface area contributed by atoms with Crippen LogP contribution in [0.15, 0.2) is 28.7 Å². The van der Waals surface area contributed by atoms with Crippen LogP contribution in [-0.2, 0) is 6.54 Å². The van der Waals surface area contributed by atoms with Crippen LogP contribution >= 0.6 is 22.6 Å². The van der Waals surface area contributed by atoms with Crippen molar-refractivity contribution < 1.29 is 9.21 Å². The third-order valence-electron chi connectivity index (χ3n) is 2.58. The molecule has 0 spiro atoms. The van der Waals surface area contributed by atoms with Crippen LogP contribution in [-0.4, -0.2) is 10.9 Å². The van der Waals surface area contributed by atoms with Crippen LogP contribution in [0, 0.1) is 17.4 Å². The van der Waals surface area contributed by atoms with E-state index in [4.69, 9.17) is 4.42 Å². The van der Waals surface area contributed by atoms with E-state index >= 15 is 0 Å². The molecule has 0 bridgehead atoms. The van der Waals surface area contributed by atoms with Crippen molar-refractivity contribution in [2.24, 2.45) is 0 Å². The van der Waals surface area contributed by atoms with Gasteiger partial charge in [0.05, 0.1) is 12.2 Å². The highest BCUT2D eigenvalue weighted by Crippen LogP contribution is 2.09. The van der Waals surface area contributed by atoms with E-state index in [9.17, 15) is 4.79 Å². The van der Waals surface area contributed by atoms with Crippen LogP contribution in [0.1, 0.15) is 27.7 Å². The Hall–Kier alpha value is -1.37. The van der Waals surface area contributed by atoms with E-state index in [1.165, 1.54) is 0 Å². The molecular weight excluding hydrogens is 343 g/mol. The number of oxazole rings is 1. The minimum absolute atomic E-state index is 0.125. The SMILES string of the molecule is Cc1nc(CNC(=O)c2ccc(I)cc2)oc1C. The van der Waals surface area contributed by atoms with E-state index in [-0.39, 0.29) is 5.91 Å². The molecule has 1 N–H and O–H groups in total. The van der Waals surface area contributed by atoms with Gasteiger partial charge in [0.2, 0.25) is 5.89 Å². The van der Waals surface area contributed by atoms with Gasteiger partial charge in [0, 0.05) is 9.13 Å². The predicted molar refractivity (Wildman–Crippen MR) is 76.3 cm³/mol. The average Bonchev–Trinajstić information content (AvgIpc) is 2.67. The van der Waals surface area contributed by atoms with Crippen molar-refractivity contribution in [2.75, 3.05) is 0 Å². The fraction of sp³-hybridized carbons (Fsp3) is 0.231. The zero-order chi connectivity index (χ0) is 13.1. The fourth-order valence-electron chi connectivity index (χ4n) is 1.47. The number of hydrogen-bond donors (Lipinski definition) is 1. The van der Waals surface area contributed by atoms with Gasteiger partial charge >= 0.3 is 0 Å². The summed E-state index contributed by atoms with van der Waals surface area (Å²) in [6.07, 6.45) is 0. The van der Waals surface area contributed by atoms with Crippen LogP contribution in [0.5, 0.6) is 0 Å². The lowest BCUT2D eigenvalue weighted by molar-refractivity contribution is 0.0947. The van der Waals surface area contributed by atoms with Crippen molar-refractivity contribution in [3.8, 4) is 0 Å². The third kappa shape index (κ3) is 3.10. The second kappa shape index (κ2) is 5.51. The lowest BCUT2D eigenvalue weighted by Crippen LogP contribution is -2.22. The summed E-state index contributed by atoms with van der Waals surface area (Å²) >= 11 is 2.20. The first-order chi connectivity index (χ1) is 8.56. The molecule has 0 saturated carbocycles. The highest BCUT2D eigenvalue weighted by atomic mass is 127. The van der Waals surface area contributed by atoms with E-state index in [1.807, 2.05) is 26.0 Å². The summed E-state index contributed by atoms with van der Waals surface area (Å²) < 4.78 is 6.49. The number of amides is 1. The lowest BCUT2D eigenvalue weighted by Gasteiger charge is -2.02. The number of hydrogen-bond acceptors (Lipinski definition) is 3. The molecule has 2 rings (SSSR count). The molecule has 0 atom stereocenters. The number of nitrogens with one attached hydrogen (secondary N) is 1. The van der Waals surface area contributed by atoms with Crippen molar-refractivity contribution in [3.05, 3.63) is 50.7 Å². The van der Waals surface area contributed by atoms with E-state index in [1.54, 1.807) is 12.1 Å². The Morgan fingerprint density at radius 3 is 2.56 bits per heavy atom. The van der Waals surface area contributed by atoms with Crippen molar-refractivity contribution in [1.82, 2.24) is 10.3 Å². The Labute approximate surface area is 119 Å². The molecule has 0 aliphatic heterocycles. The molecule has 1 amide bonds. The number of nitrogens with zero attached hydrogens (tertiary/aromatic N) is 1. The summed E-state index contributed by atoms with van der Waals surface area (Å²) in [6.45, 7) is 4.04. The molecule has 1 aromatic heterocycles. The second-order valence-corrected chi connectivity index (χ2v) is 5.18. The molecule has 4 nitrogen and oxygen atoms in total. The Bertz CT molecular complexity index is 541. The van der Waals surface area contributed by atoms with Gasteiger partial charge in [-0.25, -0.2) is 4.98 Å². The normalized spacial score (nSPS) is 10.4. The molecule has 0 fully saturated rings. The van der Waals surface area contributed by atoms with Gasteiger partial charge < -0.3 is 9.73 Å². The lowest BCUT2D eigenvalue weighted by atomic mass is 10.2. The maximum atomic E-state index is 11.8. The summed E-state index contributed by atoms with van der Waals surface area (Å²) in [4.78, 5) is 16.0. The van der Waals surface area contributed by atoms with Gasteiger partial charge in [-0.05, 0) is 60.7 Å². The minimum Gasteiger partial charge on any atom is -0.444 e. The number of halogens is 1. The third-order valence-corrected chi connectivity index (χ3v) is 3.30. The summed E-state index contributed by atoms with van der Waals surface area (Å²) in [5.41, 5.74) is 1.49. The van der Waals surface area contributed by atoms with Crippen LogP contribution in [0.3, 0.4) is 0 Å². The van der Waals surface area contributed by atoms with Crippen LogP contribution in [0.2, 0.25) is 0 Å². The quantitative estimate of drug-likeness (QED) is 0.861. The zero-order valence-electron chi connectivity index (χ0n) is 10.2. The minimum atomic E-state index is -0.125. The Balaban J connectivity index is 1.98. The molecule has 0 saturated heterocycles. The Morgan fingerprint density at radius 2 is 2.00 bits per heavy atom. The molecule has 94 valence electrons. The highest BCUT2D eigenvalue weighted by Gasteiger charge is 2.08. The van der Waals surface area contributed by atoms with Crippen molar-refractivity contribution in [3.63, 3.8) is 0 Å². The van der Waals surface area contributed by atoms with Gasteiger partial charge in [-0.1, -0.05) is 0 Å². The van der Waals surface area contributed by atoms with E-state index in [2.05, 4.69) is 32.9 Å². The van der Waals surface area contributed by atoms with E-state index < -0.39 is 0 Å². The number of carbonyl (C=O) groups is 1. The molecule has 0 radical (unpaired) electrons. The molecule has 1 aromatic carbocycles. The van der Waals surface area contributed by atoms with Gasteiger partial charge in [-0.3, -0.25) is 4.79 Å². The molecule has 0 aliphatic rings. The van der Waals surface area contributed by atoms with Gasteiger partial charge in [-0.15, -0.1) is 0 Å². The summed E-state index contributed by atoms with van der Waals surface area (Å²) in [6, 6.07) is 7.39. The number of benzene rings is 1. The second-order valence-electron chi connectivity index (χ2n) is 3.94. The maximum absolute atomic E-state index is 11.8. The smallest absolute Gasteiger partial charge is 0.251 e. The first-order valence-corrected chi connectivity index (χ1v) is 6.61. The van der Waals surface area contributed by atoms with Gasteiger partial charge in [-0.2, -0.15) is 0 Å². The van der Waals surface area contributed by atoms with E-state index in [0.717, 1.165) is 15.0 Å². The number of rotatable bonds is 3. The molecule has 18 heavy (non-hydrogen) atoms. The Morgan fingerprint density at radius 1 is 1.33 bits per heavy atom. The number of aryl methyl sites for hydroxylation is 2. The summed E-state index contributed by atoms with van der Waals surface area (Å²) in [5, 5.41) is 2.78. The summed E-state index contributed by atoms with van der Waals surface area (Å²) in [7, 11) is 0. The molecule has 2 aromatic rings. The van der Waals surface area contributed by atoms with Crippen LogP contribution < -0.4 is 5.32 Å². The van der Waals surface area contributed by atoms with Crippen molar-refractivity contribution in [1.29, 1.82) is 0 Å². The predicted octanol–water partition coefficient (Wildman–Crippen LogP) is 2.83. The molecule has 0 aliphatic carbocycles. The monoisotopic (exact) mass is 356 g/mol. The number of aromatic nitrogens is 1. The van der Waals surface area contributed by atoms with Gasteiger partial charge in [0.1, 0.15) is 5.76 Å². The van der Waals surface area contributed by atoms with Gasteiger partial charge in [0.25, 0.3) is 5.91 Å². The van der Waals surface area contributed by atoms with Crippen LogP contribution in [0.4, 0.5) is 0 Å². The Kier molecular flexibility index (Phi) is 4.00. The standard InChI is InChI=1S/C13H13IN2O2/c1-8-9(2)18-12(16-8)7-15-13(17)10-3-5-11(14)6-4-10/h3-6H,7H2,1-2H3,(H,15,17). The topological polar surface area (TPSA) is 55.1 Å². The van der Waals surface area contributed by atoms with Crippen LogP contribution in [0.25, 0.3) is 0 Å².